The Hall–Kier alpha value is -6.75. The van der Waals surface area contributed by atoms with Crippen molar-refractivity contribution >= 4 is 66.5 Å². The van der Waals surface area contributed by atoms with Crippen molar-refractivity contribution in [3.63, 3.8) is 0 Å². The van der Waals surface area contributed by atoms with Crippen LogP contribution < -0.4 is 0 Å². The highest BCUT2D eigenvalue weighted by Gasteiger charge is 2.29. The Morgan fingerprint density at radius 1 is 0.407 bits per heavy atom. The van der Waals surface area contributed by atoms with E-state index >= 15 is 0 Å². The van der Waals surface area contributed by atoms with Gasteiger partial charge < -0.3 is 4.42 Å². The van der Waals surface area contributed by atoms with Gasteiger partial charge in [-0.25, -0.2) is 0 Å². The van der Waals surface area contributed by atoms with Gasteiger partial charge in [0.25, 0.3) is 0 Å². The minimum Gasteiger partial charge on any atom is -0.456 e. The number of aromatic nitrogens is 2. The molecule has 0 fully saturated rings. The van der Waals surface area contributed by atoms with E-state index in [0.29, 0.717) is 0 Å². The van der Waals surface area contributed by atoms with E-state index in [1.54, 1.807) is 0 Å². The monoisotopic (exact) mass is 706 g/mol. The average molecular weight is 707 g/mol. The first kappa shape index (κ1) is 29.8. The third kappa shape index (κ3) is 4.26. The molecule has 0 atom stereocenters. The lowest BCUT2D eigenvalue weighted by atomic mass is 9.99. The molecule has 54 heavy (non-hydrogen) atoms. The quantitative estimate of drug-likeness (QED) is 0.182. The van der Waals surface area contributed by atoms with Crippen LogP contribution in [0.25, 0.3) is 99.5 Å². The van der Waals surface area contributed by atoms with Crippen LogP contribution in [0.2, 0.25) is 0 Å². The summed E-state index contributed by atoms with van der Waals surface area (Å²) in [5, 5.41) is 6.14. The van der Waals surface area contributed by atoms with Gasteiger partial charge in [0, 0.05) is 42.4 Å². The molecule has 4 heteroatoms. The normalized spacial score (nSPS) is 12.4. The molecular formula is C50H30N2OS. The van der Waals surface area contributed by atoms with Crippen LogP contribution in [0.15, 0.2) is 196 Å². The van der Waals surface area contributed by atoms with Crippen LogP contribution in [0.5, 0.6) is 0 Å². The van der Waals surface area contributed by atoms with Crippen molar-refractivity contribution in [1.29, 1.82) is 0 Å². The molecule has 11 aromatic rings. The molecule has 8 aromatic carbocycles. The van der Waals surface area contributed by atoms with Gasteiger partial charge in [-0.2, -0.15) is 0 Å². The molecular weight excluding hydrogens is 677 g/mol. The molecule has 0 aliphatic carbocycles. The summed E-state index contributed by atoms with van der Waals surface area (Å²) in [6.45, 7) is 0. The Bertz CT molecular complexity index is 3280. The molecule has 0 saturated carbocycles. The van der Waals surface area contributed by atoms with Gasteiger partial charge in [-0.3, -0.25) is 9.13 Å². The number of para-hydroxylation sites is 3. The molecule has 1 aliphatic heterocycles. The van der Waals surface area contributed by atoms with E-state index in [4.69, 9.17) is 4.42 Å². The number of hydrogen-bond donors (Lipinski definition) is 0. The Morgan fingerprint density at radius 2 is 1.07 bits per heavy atom. The number of nitrogens with zero attached hydrogens (tertiary/aromatic N) is 2. The van der Waals surface area contributed by atoms with Crippen molar-refractivity contribution in [2.45, 2.75) is 9.79 Å². The van der Waals surface area contributed by atoms with E-state index in [2.05, 4.69) is 179 Å². The first-order chi connectivity index (χ1) is 26.8. The number of benzene rings is 8. The van der Waals surface area contributed by atoms with Crippen molar-refractivity contribution in [1.82, 2.24) is 9.13 Å². The summed E-state index contributed by atoms with van der Waals surface area (Å²) in [7, 11) is 0. The summed E-state index contributed by atoms with van der Waals surface area (Å²) < 4.78 is 11.1. The van der Waals surface area contributed by atoms with Crippen molar-refractivity contribution < 1.29 is 4.42 Å². The first-order valence-corrected chi connectivity index (χ1v) is 19.2. The van der Waals surface area contributed by atoms with E-state index in [-0.39, 0.29) is 0 Å². The summed E-state index contributed by atoms with van der Waals surface area (Å²) in [6.07, 6.45) is 0. The lowest BCUT2D eigenvalue weighted by Crippen LogP contribution is -2.06. The topological polar surface area (TPSA) is 23.0 Å². The lowest BCUT2D eigenvalue weighted by molar-refractivity contribution is 0.669. The van der Waals surface area contributed by atoms with Crippen molar-refractivity contribution in [3.8, 4) is 44.8 Å². The first-order valence-electron chi connectivity index (χ1n) is 18.3. The second kappa shape index (κ2) is 11.4. The van der Waals surface area contributed by atoms with Crippen LogP contribution in [0.3, 0.4) is 0 Å². The van der Waals surface area contributed by atoms with Gasteiger partial charge in [-0.1, -0.05) is 139 Å². The SMILES string of the molecule is c1ccc(-c2cccc3c2c2c4cccc5c4n(c2n3-c2ccccc2)-c2cc(-c3ccc(-c4ccc6oc7ccccc7c6c4)cc3)ccc2S5)cc1. The standard InChI is InChI=1S/C50H30N2OS/c1-3-11-33(12-4-1)37-16-9-18-41-47(37)48-39-17-10-20-46-49(39)52(50(48)51(41)36-13-5-2-6-14-36)42-30-35(26-28-45(42)54-46)32-23-21-31(22-24-32)34-25-27-44-40(29-34)38-15-7-8-19-43(38)53-44/h1-30H. The molecule has 3 nitrogen and oxygen atoms in total. The zero-order valence-corrected chi connectivity index (χ0v) is 29.8. The molecule has 1 aliphatic rings. The van der Waals surface area contributed by atoms with Gasteiger partial charge in [-0.15, -0.1) is 0 Å². The highest BCUT2D eigenvalue weighted by atomic mass is 32.2. The molecule has 4 heterocycles. The van der Waals surface area contributed by atoms with Crippen LogP contribution in [-0.4, -0.2) is 9.13 Å². The number of fused-ring (bicyclic) bond motifs is 10. The molecule has 0 saturated heterocycles. The second-order valence-corrected chi connectivity index (χ2v) is 15.2. The molecule has 0 spiro atoms. The van der Waals surface area contributed by atoms with E-state index in [9.17, 15) is 0 Å². The highest BCUT2D eigenvalue weighted by Crippen LogP contribution is 2.51. The van der Waals surface area contributed by atoms with E-state index in [1.807, 2.05) is 23.9 Å². The summed E-state index contributed by atoms with van der Waals surface area (Å²) in [4.78, 5) is 2.53. The van der Waals surface area contributed by atoms with E-state index in [1.165, 1.54) is 81.7 Å². The van der Waals surface area contributed by atoms with Gasteiger partial charge in [0.15, 0.2) is 0 Å². The fourth-order valence-corrected chi connectivity index (χ4v) is 9.78. The predicted octanol–water partition coefficient (Wildman–Crippen LogP) is 14.1. The predicted molar refractivity (Wildman–Crippen MR) is 225 cm³/mol. The Balaban J connectivity index is 1.07. The minimum absolute atomic E-state index is 0.917. The molecule has 3 aromatic heterocycles. The van der Waals surface area contributed by atoms with Gasteiger partial charge in [-0.05, 0) is 88.0 Å². The maximum absolute atomic E-state index is 6.10. The van der Waals surface area contributed by atoms with E-state index < -0.39 is 0 Å². The van der Waals surface area contributed by atoms with Gasteiger partial charge in [0.2, 0.25) is 0 Å². The fourth-order valence-electron chi connectivity index (χ4n) is 8.71. The molecule has 0 bridgehead atoms. The third-order valence-corrected chi connectivity index (χ3v) is 12.2. The molecule has 0 unspecified atom stereocenters. The molecule has 12 rings (SSSR count). The van der Waals surface area contributed by atoms with Crippen LogP contribution in [0.4, 0.5) is 0 Å². The van der Waals surface area contributed by atoms with Crippen LogP contribution in [0.1, 0.15) is 0 Å². The minimum atomic E-state index is 0.917. The molecule has 252 valence electrons. The summed E-state index contributed by atoms with van der Waals surface area (Å²) in [6, 6.07) is 65.9. The number of hydrogen-bond acceptors (Lipinski definition) is 2. The molecule has 0 radical (unpaired) electrons. The van der Waals surface area contributed by atoms with Crippen LogP contribution >= 0.6 is 11.8 Å². The smallest absolute Gasteiger partial charge is 0.135 e. The Kier molecular flexibility index (Phi) is 6.27. The molecule has 0 amide bonds. The summed E-state index contributed by atoms with van der Waals surface area (Å²) >= 11 is 1.87. The average Bonchev–Trinajstić information content (AvgIpc) is 3.90. The van der Waals surface area contributed by atoms with Crippen LogP contribution in [0, 0.1) is 0 Å². The van der Waals surface area contributed by atoms with Crippen molar-refractivity contribution in [2.75, 3.05) is 0 Å². The summed E-state index contributed by atoms with van der Waals surface area (Å²) in [5.41, 5.74) is 15.1. The second-order valence-electron chi connectivity index (χ2n) is 14.1. The van der Waals surface area contributed by atoms with Crippen molar-refractivity contribution in [2.24, 2.45) is 0 Å². The zero-order valence-electron chi connectivity index (χ0n) is 29.0. The molecule has 0 N–H and O–H groups in total. The Labute approximate surface area is 315 Å². The summed E-state index contributed by atoms with van der Waals surface area (Å²) in [5.74, 6) is 0. The largest absolute Gasteiger partial charge is 0.456 e. The van der Waals surface area contributed by atoms with Gasteiger partial charge >= 0.3 is 0 Å². The Morgan fingerprint density at radius 3 is 1.91 bits per heavy atom. The third-order valence-electron chi connectivity index (χ3n) is 11.1. The lowest BCUT2D eigenvalue weighted by Gasteiger charge is -2.22. The van der Waals surface area contributed by atoms with Crippen molar-refractivity contribution in [3.05, 3.63) is 182 Å². The van der Waals surface area contributed by atoms with Gasteiger partial charge in [0.05, 0.1) is 16.7 Å². The maximum atomic E-state index is 6.10. The highest BCUT2D eigenvalue weighted by molar-refractivity contribution is 7.99. The zero-order chi connectivity index (χ0) is 35.3. The van der Waals surface area contributed by atoms with Gasteiger partial charge in [0.1, 0.15) is 16.8 Å². The maximum Gasteiger partial charge on any atom is 0.135 e. The fraction of sp³-hybridized carbons (Fsp3) is 0. The number of rotatable bonds is 4. The van der Waals surface area contributed by atoms with E-state index in [0.717, 1.165) is 27.6 Å². The van der Waals surface area contributed by atoms with Crippen LogP contribution in [-0.2, 0) is 0 Å². The number of furan rings is 1.